The van der Waals surface area contributed by atoms with E-state index in [0.29, 0.717) is 5.06 Å². The second kappa shape index (κ2) is 6.43. The molecule has 2 amide bonds. The molecule has 10 heteroatoms. The Bertz CT molecular complexity index is 1020. The summed E-state index contributed by atoms with van der Waals surface area (Å²) in [4.78, 5) is 41.5. The Kier molecular flexibility index (Phi) is 4.43. The van der Waals surface area contributed by atoms with Gasteiger partial charge >= 0.3 is 5.97 Å². The minimum atomic E-state index is -3.51. The minimum absolute atomic E-state index is 0.111. The fraction of sp³-hybridized carbons (Fsp3) is 0.0625. The first-order valence-corrected chi connectivity index (χ1v) is 9.42. The summed E-state index contributed by atoms with van der Waals surface area (Å²) in [6.45, 7) is 0. The number of hydrogen-bond acceptors (Lipinski definition) is 6. The topological polar surface area (TPSA) is 110 Å². The highest BCUT2D eigenvalue weighted by Crippen LogP contribution is 2.26. The summed E-state index contributed by atoms with van der Waals surface area (Å²) in [5, 5.41) is 0.256. The van der Waals surface area contributed by atoms with E-state index in [9.17, 15) is 22.8 Å². The smallest absolute Gasteiger partial charge is 0.324 e. The van der Waals surface area contributed by atoms with Crippen LogP contribution < -0.4 is 4.72 Å². The molecule has 2 aromatic rings. The fourth-order valence-electron chi connectivity index (χ4n) is 2.34. The number of benzene rings is 2. The van der Waals surface area contributed by atoms with Crippen LogP contribution in [0.3, 0.4) is 0 Å². The summed E-state index contributed by atoms with van der Waals surface area (Å²) in [7, 11) is -3.51. The Balaban J connectivity index is 1.81. The van der Waals surface area contributed by atoms with Gasteiger partial charge < -0.3 is 4.84 Å². The van der Waals surface area contributed by atoms with Crippen molar-refractivity contribution in [3.8, 4) is 0 Å². The molecule has 26 heavy (non-hydrogen) atoms. The van der Waals surface area contributed by atoms with E-state index in [1.807, 2.05) is 0 Å². The molecule has 0 saturated heterocycles. The lowest BCUT2D eigenvalue weighted by Gasteiger charge is -2.13. The molecule has 1 aliphatic rings. The SMILES string of the molecule is CS(=O)(=O)Nc1ccc(C(=O)ON2C(=O)c3ccccc3C2=O)c(Cl)c1. The highest BCUT2D eigenvalue weighted by atomic mass is 35.5. The molecule has 1 aliphatic heterocycles. The van der Waals surface area contributed by atoms with Crippen molar-refractivity contribution in [3.05, 3.63) is 64.2 Å². The van der Waals surface area contributed by atoms with Crippen LogP contribution in [0.1, 0.15) is 31.1 Å². The van der Waals surface area contributed by atoms with Gasteiger partial charge in [-0.25, -0.2) is 13.2 Å². The highest BCUT2D eigenvalue weighted by Gasteiger charge is 2.39. The number of halogens is 1. The Hall–Kier alpha value is -2.91. The van der Waals surface area contributed by atoms with Gasteiger partial charge in [0.2, 0.25) is 10.0 Å². The molecule has 0 spiro atoms. The number of fused-ring (bicyclic) bond motifs is 1. The normalized spacial score (nSPS) is 13.5. The maximum atomic E-state index is 12.3. The number of nitrogens with zero attached hydrogens (tertiary/aromatic N) is 1. The van der Waals surface area contributed by atoms with Gasteiger partial charge in [-0.1, -0.05) is 28.8 Å². The van der Waals surface area contributed by atoms with Gasteiger partial charge in [0.25, 0.3) is 11.8 Å². The zero-order valence-electron chi connectivity index (χ0n) is 13.2. The number of hydrogen-bond donors (Lipinski definition) is 1. The molecular formula is C16H11ClN2O6S. The molecule has 0 aliphatic carbocycles. The monoisotopic (exact) mass is 394 g/mol. The van der Waals surface area contributed by atoms with Gasteiger partial charge in [0, 0.05) is 5.69 Å². The number of amides is 2. The van der Waals surface area contributed by atoms with E-state index in [2.05, 4.69) is 4.72 Å². The van der Waals surface area contributed by atoms with Gasteiger partial charge in [-0.2, -0.15) is 0 Å². The number of hydroxylamine groups is 2. The first-order chi connectivity index (χ1) is 12.2. The lowest BCUT2D eigenvalue weighted by atomic mass is 10.1. The van der Waals surface area contributed by atoms with Crippen LogP contribution in [0.15, 0.2) is 42.5 Å². The zero-order chi connectivity index (χ0) is 19.1. The van der Waals surface area contributed by atoms with E-state index < -0.39 is 27.8 Å². The summed E-state index contributed by atoms with van der Waals surface area (Å²) in [5.41, 5.74) is 0.269. The number of sulfonamides is 1. The average molecular weight is 395 g/mol. The predicted octanol–water partition coefficient (Wildman–Crippen LogP) is 2.08. The molecule has 0 bridgehead atoms. The number of imide groups is 1. The van der Waals surface area contributed by atoms with Crippen LogP contribution in [0, 0.1) is 0 Å². The zero-order valence-corrected chi connectivity index (χ0v) is 14.8. The summed E-state index contributed by atoms with van der Waals surface area (Å²) in [5.74, 6) is -2.55. The molecule has 1 heterocycles. The van der Waals surface area contributed by atoms with Crippen molar-refractivity contribution < 1.29 is 27.6 Å². The van der Waals surface area contributed by atoms with Crippen LogP contribution >= 0.6 is 11.6 Å². The molecule has 0 unspecified atom stereocenters. The van der Waals surface area contributed by atoms with Crippen LogP contribution in [0.25, 0.3) is 0 Å². The molecule has 8 nitrogen and oxygen atoms in total. The first-order valence-electron chi connectivity index (χ1n) is 7.15. The largest absolute Gasteiger partial charge is 0.365 e. The Morgan fingerprint density at radius 1 is 1.08 bits per heavy atom. The molecule has 0 atom stereocenters. The predicted molar refractivity (Wildman–Crippen MR) is 92.3 cm³/mol. The molecule has 3 rings (SSSR count). The van der Waals surface area contributed by atoms with Crippen LogP contribution in [0.4, 0.5) is 5.69 Å². The molecular weight excluding hydrogens is 384 g/mol. The summed E-state index contributed by atoms with van der Waals surface area (Å²) >= 11 is 5.98. The van der Waals surface area contributed by atoms with Crippen LogP contribution in [0.2, 0.25) is 5.02 Å². The lowest BCUT2D eigenvalue weighted by molar-refractivity contribution is -0.0584. The van der Waals surface area contributed by atoms with Crippen molar-refractivity contribution in [2.24, 2.45) is 0 Å². The molecule has 0 fully saturated rings. The van der Waals surface area contributed by atoms with Gasteiger partial charge in [0.15, 0.2) is 0 Å². The molecule has 0 aromatic heterocycles. The standard InChI is InChI=1S/C16H11ClN2O6S/c1-26(23,24)18-9-6-7-12(13(17)8-9)16(22)25-19-14(20)10-4-2-3-5-11(10)15(19)21/h2-8,18H,1H3. The Morgan fingerprint density at radius 3 is 2.15 bits per heavy atom. The average Bonchev–Trinajstić information content (AvgIpc) is 2.79. The van der Waals surface area contributed by atoms with Crippen LogP contribution in [-0.4, -0.2) is 37.5 Å². The van der Waals surface area contributed by atoms with E-state index in [-0.39, 0.29) is 27.4 Å². The molecule has 134 valence electrons. The van der Waals surface area contributed by atoms with E-state index in [1.54, 1.807) is 12.1 Å². The maximum Gasteiger partial charge on any atom is 0.365 e. The first kappa shape index (κ1) is 17.9. The van der Waals surface area contributed by atoms with E-state index in [0.717, 1.165) is 6.26 Å². The number of nitrogens with one attached hydrogen (secondary N) is 1. The third-order valence-electron chi connectivity index (χ3n) is 3.42. The van der Waals surface area contributed by atoms with Gasteiger partial charge in [-0.15, -0.1) is 0 Å². The van der Waals surface area contributed by atoms with Crippen LogP contribution in [0.5, 0.6) is 0 Å². The third-order valence-corrected chi connectivity index (χ3v) is 4.34. The highest BCUT2D eigenvalue weighted by molar-refractivity contribution is 7.92. The second-order valence-corrected chi connectivity index (χ2v) is 7.55. The Labute approximate surface area is 153 Å². The van der Waals surface area contributed by atoms with Gasteiger partial charge in [-0.3, -0.25) is 14.3 Å². The quantitative estimate of drug-likeness (QED) is 0.795. The Morgan fingerprint density at radius 2 is 1.65 bits per heavy atom. The van der Waals surface area contributed by atoms with Crippen molar-refractivity contribution in [2.75, 3.05) is 11.0 Å². The fourth-order valence-corrected chi connectivity index (χ4v) is 3.15. The van der Waals surface area contributed by atoms with E-state index in [1.165, 1.54) is 30.3 Å². The van der Waals surface area contributed by atoms with Crippen molar-refractivity contribution in [2.45, 2.75) is 0 Å². The number of carbonyl (C=O) groups is 3. The summed E-state index contributed by atoms with van der Waals surface area (Å²) in [6, 6.07) is 9.79. The van der Waals surface area contributed by atoms with Crippen molar-refractivity contribution in [3.63, 3.8) is 0 Å². The third kappa shape index (κ3) is 3.39. The molecule has 0 radical (unpaired) electrons. The van der Waals surface area contributed by atoms with Crippen molar-refractivity contribution >= 4 is 45.1 Å². The van der Waals surface area contributed by atoms with E-state index >= 15 is 0 Å². The molecule has 1 N–H and O–H groups in total. The maximum absolute atomic E-state index is 12.3. The van der Waals surface area contributed by atoms with Gasteiger partial charge in [0.1, 0.15) is 0 Å². The van der Waals surface area contributed by atoms with Gasteiger partial charge in [0.05, 0.1) is 28.0 Å². The van der Waals surface area contributed by atoms with Crippen molar-refractivity contribution in [1.29, 1.82) is 0 Å². The van der Waals surface area contributed by atoms with Gasteiger partial charge in [-0.05, 0) is 30.3 Å². The van der Waals surface area contributed by atoms with Crippen LogP contribution in [-0.2, 0) is 14.9 Å². The second-order valence-electron chi connectivity index (χ2n) is 5.40. The summed E-state index contributed by atoms with van der Waals surface area (Å²) in [6.07, 6.45) is 0.964. The number of anilines is 1. The molecule has 0 saturated carbocycles. The number of rotatable bonds is 4. The molecule has 2 aromatic carbocycles. The van der Waals surface area contributed by atoms with E-state index in [4.69, 9.17) is 16.4 Å². The number of carbonyl (C=O) groups excluding carboxylic acids is 3. The lowest BCUT2D eigenvalue weighted by Crippen LogP contribution is -2.32. The summed E-state index contributed by atoms with van der Waals surface area (Å²) < 4.78 is 24.6. The minimum Gasteiger partial charge on any atom is -0.324 e. The van der Waals surface area contributed by atoms with Crippen molar-refractivity contribution in [1.82, 2.24) is 5.06 Å².